The van der Waals surface area contributed by atoms with Gasteiger partial charge in [0.15, 0.2) is 0 Å². The summed E-state index contributed by atoms with van der Waals surface area (Å²) in [6.07, 6.45) is 0. The maximum Gasteiger partial charge on any atom is 0.253 e. The molecule has 0 saturated heterocycles. The summed E-state index contributed by atoms with van der Waals surface area (Å²) < 4.78 is 26.3. The van der Waals surface area contributed by atoms with Gasteiger partial charge in [-0.25, -0.2) is 8.42 Å². The molecule has 0 aliphatic carbocycles. The van der Waals surface area contributed by atoms with Crippen molar-refractivity contribution in [1.82, 2.24) is 9.62 Å². The van der Waals surface area contributed by atoms with Gasteiger partial charge in [-0.05, 0) is 29.8 Å². The van der Waals surface area contributed by atoms with Gasteiger partial charge in [0.05, 0.1) is 10.5 Å². The molecule has 6 nitrogen and oxygen atoms in total. The monoisotopic (exact) mass is 397 g/mol. The lowest BCUT2D eigenvalue weighted by atomic mass is 10.1. The summed E-state index contributed by atoms with van der Waals surface area (Å²) in [5.74, 6) is -0.266. The van der Waals surface area contributed by atoms with Crippen LogP contribution in [0.1, 0.15) is 29.8 Å². The summed E-state index contributed by atoms with van der Waals surface area (Å²) in [5.41, 5.74) is 7.42. The van der Waals surface area contributed by atoms with Crippen molar-refractivity contribution in [1.29, 1.82) is 0 Å². The standard InChI is InChI=1S/C18H23N3O3S.ClH/c1-3-21(4-2)25(23,24)15-11-9-14(10-12-15)13-20-18(22)16-7-5-6-8-17(16)19;/h5-12H,3-4,13,19H2,1-2H3,(H,20,22);1H. The smallest absolute Gasteiger partial charge is 0.253 e. The van der Waals surface area contributed by atoms with E-state index in [-0.39, 0.29) is 23.2 Å². The fourth-order valence-electron chi connectivity index (χ4n) is 2.47. The van der Waals surface area contributed by atoms with Crippen molar-refractivity contribution < 1.29 is 13.2 Å². The predicted molar refractivity (Wildman–Crippen MR) is 106 cm³/mol. The topological polar surface area (TPSA) is 92.5 Å². The van der Waals surface area contributed by atoms with Gasteiger partial charge in [-0.15, -0.1) is 12.4 Å². The molecule has 2 aromatic carbocycles. The second kappa shape index (κ2) is 9.56. The molecule has 1 amide bonds. The summed E-state index contributed by atoms with van der Waals surface area (Å²) in [6, 6.07) is 13.4. The average Bonchev–Trinajstić information content (AvgIpc) is 2.61. The number of carbonyl (C=O) groups is 1. The van der Waals surface area contributed by atoms with E-state index >= 15 is 0 Å². The number of anilines is 1. The van der Waals surface area contributed by atoms with E-state index < -0.39 is 10.0 Å². The Morgan fingerprint density at radius 2 is 1.62 bits per heavy atom. The summed E-state index contributed by atoms with van der Waals surface area (Å²) in [4.78, 5) is 12.4. The lowest BCUT2D eigenvalue weighted by Crippen LogP contribution is -2.30. The van der Waals surface area contributed by atoms with Crippen LogP contribution in [0.5, 0.6) is 0 Å². The number of nitrogens with one attached hydrogen (secondary N) is 1. The molecule has 8 heteroatoms. The molecule has 0 aliphatic rings. The van der Waals surface area contributed by atoms with Crippen molar-refractivity contribution in [3.8, 4) is 0 Å². The Hall–Kier alpha value is -2.09. The number of hydrogen-bond donors (Lipinski definition) is 2. The zero-order valence-corrected chi connectivity index (χ0v) is 16.4. The van der Waals surface area contributed by atoms with Crippen LogP contribution < -0.4 is 11.1 Å². The number of rotatable bonds is 7. The minimum Gasteiger partial charge on any atom is -0.398 e. The molecule has 0 saturated carbocycles. The van der Waals surface area contributed by atoms with Gasteiger partial charge in [0.25, 0.3) is 5.91 Å². The van der Waals surface area contributed by atoms with Crippen molar-refractivity contribution in [3.05, 3.63) is 59.7 Å². The van der Waals surface area contributed by atoms with Gasteiger partial charge in [0.1, 0.15) is 0 Å². The number of nitrogens with two attached hydrogens (primary N) is 1. The fourth-order valence-corrected chi connectivity index (χ4v) is 3.93. The van der Waals surface area contributed by atoms with Crippen LogP contribution in [0.4, 0.5) is 5.69 Å². The van der Waals surface area contributed by atoms with Crippen molar-refractivity contribution in [3.63, 3.8) is 0 Å². The third-order valence-electron chi connectivity index (χ3n) is 3.93. The first kappa shape index (κ1) is 22.0. The number of hydrogen-bond acceptors (Lipinski definition) is 4. The minimum absolute atomic E-state index is 0. The number of nitrogen functional groups attached to an aromatic ring is 1. The van der Waals surface area contributed by atoms with Gasteiger partial charge < -0.3 is 11.1 Å². The van der Waals surface area contributed by atoms with Crippen molar-refractivity contribution >= 4 is 34.0 Å². The van der Waals surface area contributed by atoms with Crippen LogP contribution in [-0.2, 0) is 16.6 Å². The molecule has 0 heterocycles. The van der Waals surface area contributed by atoms with Crippen LogP contribution in [0.15, 0.2) is 53.4 Å². The number of halogens is 1. The Morgan fingerprint density at radius 1 is 1.04 bits per heavy atom. The van der Waals surface area contributed by atoms with E-state index in [0.717, 1.165) is 5.56 Å². The lowest BCUT2D eigenvalue weighted by molar-refractivity contribution is 0.0952. The summed E-state index contributed by atoms with van der Waals surface area (Å²) in [7, 11) is -3.47. The third-order valence-corrected chi connectivity index (χ3v) is 5.99. The average molecular weight is 398 g/mol. The van der Waals surface area contributed by atoms with Gasteiger partial charge in [0, 0.05) is 25.3 Å². The van der Waals surface area contributed by atoms with Crippen LogP contribution in [-0.4, -0.2) is 31.7 Å². The van der Waals surface area contributed by atoms with Gasteiger partial charge >= 0.3 is 0 Å². The molecule has 0 aliphatic heterocycles. The highest BCUT2D eigenvalue weighted by molar-refractivity contribution is 7.89. The molecule has 0 radical (unpaired) electrons. The highest BCUT2D eigenvalue weighted by atomic mass is 35.5. The zero-order valence-electron chi connectivity index (χ0n) is 14.8. The highest BCUT2D eigenvalue weighted by Gasteiger charge is 2.21. The molecular formula is C18H24ClN3O3S. The molecule has 0 aromatic heterocycles. The minimum atomic E-state index is -3.47. The number of sulfonamides is 1. The lowest BCUT2D eigenvalue weighted by Gasteiger charge is -2.18. The van der Waals surface area contributed by atoms with E-state index in [4.69, 9.17) is 5.73 Å². The molecule has 0 spiro atoms. The van der Waals surface area contributed by atoms with Crippen molar-refractivity contribution in [2.45, 2.75) is 25.3 Å². The quantitative estimate of drug-likeness (QED) is 0.702. The zero-order chi connectivity index (χ0) is 18.4. The first-order valence-corrected chi connectivity index (χ1v) is 9.56. The Kier molecular flexibility index (Phi) is 8.08. The van der Waals surface area contributed by atoms with E-state index in [1.807, 2.05) is 0 Å². The Morgan fingerprint density at radius 3 is 2.15 bits per heavy atom. The normalized spacial score (nSPS) is 11.0. The summed E-state index contributed by atoms with van der Waals surface area (Å²) in [6.45, 7) is 4.75. The van der Waals surface area contributed by atoms with Gasteiger partial charge in [-0.1, -0.05) is 38.1 Å². The van der Waals surface area contributed by atoms with E-state index in [1.54, 1.807) is 62.4 Å². The maximum absolute atomic E-state index is 12.4. The van der Waals surface area contributed by atoms with Gasteiger partial charge in [-0.2, -0.15) is 4.31 Å². The molecule has 0 bridgehead atoms. The molecule has 142 valence electrons. The highest BCUT2D eigenvalue weighted by Crippen LogP contribution is 2.16. The molecule has 0 atom stereocenters. The number of amides is 1. The number of benzene rings is 2. The van der Waals surface area contributed by atoms with Crippen LogP contribution in [0.3, 0.4) is 0 Å². The second-order valence-electron chi connectivity index (χ2n) is 5.50. The van der Waals surface area contributed by atoms with Crippen LogP contribution >= 0.6 is 12.4 Å². The molecule has 2 aromatic rings. The van der Waals surface area contributed by atoms with E-state index in [1.165, 1.54) is 4.31 Å². The molecule has 0 unspecified atom stereocenters. The molecule has 3 N–H and O–H groups in total. The van der Waals surface area contributed by atoms with E-state index in [0.29, 0.717) is 30.9 Å². The Labute approximate surface area is 160 Å². The number of nitrogens with zero attached hydrogens (tertiary/aromatic N) is 1. The van der Waals surface area contributed by atoms with Crippen molar-refractivity contribution in [2.75, 3.05) is 18.8 Å². The number of carbonyl (C=O) groups excluding carboxylic acids is 1. The first-order chi connectivity index (χ1) is 11.9. The molecular weight excluding hydrogens is 374 g/mol. The van der Waals surface area contributed by atoms with Crippen molar-refractivity contribution in [2.24, 2.45) is 0 Å². The maximum atomic E-state index is 12.4. The van der Waals surface area contributed by atoms with Gasteiger partial charge in [-0.3, -0.25) is 4.79 Å². The third kappa shape index (κ3) is 4.97. The SMILES string of the molecule is CCN(CC)S(=O)(=O)c1ccc(CNC(=O)c2ccccc2N)cc1.Cl. The van der Waals surface area contributed by atoms with Gasteiger partial charge in [0.2, 0.25) is 10.0 Å². The van der Waals surface area contributed by atoms with Crippen LogP contribution in [0.2, 0.25) is 0 Å². The fraction of sp³-hybridized carbons (Fsp3) is 0.278. The predicted octanol–water partition coefficient (Wildman–Crippen LogP) is 2.65. The number of para-hydroxylation sites is 1. The second-order valence-corrected chi connectivity index (χ2v) is 7.44. The van der Waals surface area contributed by atoms with E-state index in [9.17, 15) is 13.2 Å². The molecule has 0 fully saturated rings. The Bertz CT molecular complexity index is 835. The summed E-state index contributed by atoms with van der Waals surface area (Å²) >= 11 is 0. The van der Waals surface area contributed by atoms with Crippen LogP contribution in [0, 0.1) is 0 Å². The molecule has 2 rings (SSSR count). The van der Waals surface area contributed by atoms with E-state index in [2.05, 4.69) is 5.32 Å². The Balaban J connectivity index is 0.00000338. The largest absolute Gasteiger partial charge is 0.398 e. The first-order valence-electron chi connectivity index (χ1n) is 8.12. The van der Waals surface area contributed by atoms with Crippen LogP contribution in [0.25, 0.3) is 0 Å². The molecule has 26 heavy (non-hydrogen) atoms. The summed E-state index contributed by atoms with van der Waals surface area (Å²) in [5, 5.41) is 2.78.